The third-order valence-electron chi connectivity index (χ3n) is 5.59. The normalized spacial score (nSPS) is 16.6. The molecule has 1 unspecified atom stereocenters. The Bertz CT molecular complexity index is 919. The van der Waals surface area contributed by atoms with Gasteiger partial charge in [0.1, 0.15) is 17.0 Å². The summed E-state index contributed by atoms with van der Waals surface area (Å²) in [6.45, 7) is 6.03. The van der Waals surface area contributed by atoms with E-state index in [0.29, 0.717) is 5.92 Å². The first kappa shape index (κ1) is 20.3. The molecule has 1 aliphatic rings. The van der Waals surface area contributed by atoms with Crippen molar-refractivity contribution in [1.29, 1.82) is 0 Å². The minimum Gasteiger partial charge on any atom is -0.377 e. The fraction of sp³-hybridized carbons (Fsp3) is 0.478. The lowest BCUT2D eigenvalue weighted by molar-refractivity contribution is 0.0209. The predicted octanol–water partition coefficient (Wildman–Crippen LogP) is 4.54. The summed E-state index contributed by atoms with van der Waals surface area (Å²) in [5.41, 5.74) is 2.47. The van der Waals surface area contributed by atoms with E-state index in [1.807, 2.05) is 0 Å². The number of hydrogen-bond acceptors (Lipinski definition) is 6. The van der Waals surface area contributed by atoms with Crippen molar-refractivity contribution in [2.24, 2.45) is 5.92 Å². The van der Waals surface area contributed by atoms with E-state index >= 15 is 0 Å². The smallest absolute Gasteiger partial charge is 0.141 e. The first-order valence-electron chi connectivity index (χ1n) is 10.4. The van der Waals surface area contributed by atoms with Crippen molar-refractivity contribution in [1.82, 2.24) is 14.9 Å². The number of thiophene rings is 1. The summed E-state index contributed by atoms with van der Waals surface area (Å²) in [4.78, 5) is 14.9. The number of likely N-dealkylation sites (N-methyl/N-ethyl adjacent to an activating group) is 1. The number of fused-ring (bicyclic) bond motifs is 1. The van der Waals surface area contributed by atoms with Gasteiger partial charge in [0, 0.05) is 37.2 Å². The maximum atomic E-state index is 6.08. The van der Waals surface area contributed by atoms with Crippen LogP contribution < -0.4 is 4.90 Å². The van der Waals surface area contributed by atoms with Crippen LogP contribution in [0.25, 0.3) is 21.3 Å². The van der Waals surface area contributed by atoms with Gasteiger partial charge in [0.25, 0.3) is 0 Å². The molecule has 0 amide bonds. The van der Waals surface area contributed by atoms with Crippen molar-refractivity contribution < 1.29 is 4.74 Å². The lowest BCUT2D eigenvalue weighted by Gasteiger charge is -2.33. The Hall–Kier alpha value is -2.02. The minimum absolute atomic E-state index is 0.281. The molecule has 5 nitrogen and oxygen atoms in total. The lowest BCUT2D eigenvalue weighted by Crippen LogP contribution is -2.36. The molecule has 1 atom stereocenters. The third-order valence-corrected chi connectivity index (χ3v) is 6.47. The number of nitrogens with zero attached hydrogens (tertiary/aromatic N) is 4. The number of piperidine rings is 1. The number of ether oxygens (including phenoxy) is 1. The van der Waals surface area contributed by atoms with Crippen LogP contribution in [0.2, 0.25) is 0 Å². The van der Waals surface area contributed by atoms with Crippen LogP contribution in [0.5, 0.6) is 0 Å². The van der Waals surface area contributed by atoms with Crippen LogP contribution in [0, 0.1) is 5.92 Å². The Kier molecular flexibility index (Phi) is 6.43. The molecule has 0 aliphatic carbocycles. The number of anilines is 1. The molecule has 6 heteroatoms. The number of rotatable bonds is 7. The van der Waals surface area contributed by atoms with E-state index < -0.39 is 0 Å². The van der Waals surface area contributed by atoms with Gasteiger partial charge in [-0.25, -0.2) is 9.97 Å². The Morgan fingerprint density at radius 3 is 2.66 bits per heavy atom. The van der Waals surface area contributed by atoms with Gasteiger partial charge in [-0.05, 0) is 45.3 Å². The van der Waals surface area contributed by atoms with Crippen molar-refractivity contribution >= 4 is 27.4 Å². The quantitative estimate of drug-likeness (QED) is 0.572. The van der Waals surface area contributed by atoms with Gasteiger partial charge in [-0.15, -0.1) is 11.3 Å². The fourth-order valence-electron chi connectivity index (χ4n) is 4.11. The summed E-state index contributed by atoms with van der Waals surface area (Å²) in [5.74, 6) is 1.71. The van der Waals surface area contributed by atoms with E-state index in [2.05, 4.69) is 71.5 Å². The minimum atomic E-state index is 0.281. The van der Waals surface area contributed by atoms with Gasteiger partial charge in [-0.3, -0.25) is 0 Å². The van der Waals surface area contributed by atoms with Gasteiger partial charge in [-0.1, -0.05) is 30.3 Å². The van der Waals surface area contributed by atoms with E-state index in [0.717, 1.165) is 49.7 Å². The van der Waals surface area contributed by atoms with E-state index in [1.165, 1.54) is 16.5 Å². The molecule has 0 N–H and O–H groups in total. The molecule has 1 aliphatic heterocycles. The maximum Gasteiger partial charge on any atom is 0.141 e. The number of hydrogen-bond donors (Lipinski definition) is 0. The zero-order chi connectivity index (χ0) is 20.2. The first-order chi connectivity index (χ1) is 14.1. The molecule has 154 valence electrons. The molecular weight excluding hydrogens is 380 g/mol. The van der Waals surface area contributed by atoms with Crippen molar-refractivity contribution in [3.63, 3.8) is 0 Å². The van der Waals surface area contributed by atoms with E-state index in [1.54, 1.807) is 17.7 Å². The van der Waals surface area contributed by atoms with Gasteiger partial charge in [-0.2, -0.15) is 0 Å². The molecule has 2 aromatic heterocycles. The van der Waals surface area contributed by atoms with Crippen molar-refractivity contribution in [2.75, 3.05) is 45.2 Å². The predicted molar refractivity (Wildman–Crippen MR) is 122 cm³/mol. The molecule has 1 fully saturated rings. The molecule has 4 rings (SSSR count). The second-order valence-corrected chi connectivity index (χ2v) is 9.09. The van der Waals surface area contributed by atoms with Crippen LogP contribution in [0.3, 0.4) is 0 Å². The highest BCUT2D eigenvalue weighted by molar-refractivity contribution is 7.17. The van der Waals surface area contributed by atoms with E-state index in [-0.39, 0.29) is 6.10 Å². The van der Waals surface area contributed by atoms with Crippen LogP contribution in [-0.4, -0.2) is 61.3 Å². The van der Waals surface area contributed by atoms with Crippen molar-refractivity contribution in [3.05, 3.63) is 42.0 Å². The van der Waals surface area contributed by atoms with E-state index in [9.17, 15) is 0 Å². The van der Waals surface area contributed by atoms with Crippen molar-refractivity contribution in [2.45, 2.75) is 25.9 Å². The third kappa shape index (κ3) is 4.77. The highest BCUT2D eigenvalue weighted by atomic mass is 32.1. The average molecular weight is 411 g/mol. The SMILES string of the molecule is CC(CN(C)C)OCC1CCN(c2ncnc3scc(-c4ccccc4)c23)CC1. The van der Waals surface area contributed by atoms with Gasteiger partial charge in [0.05, 0.1) is 11.5 Å². The van der Waals surface area contributed by atoms with Crippen LogP contribution in [0.4, 0.5) is 5.82 Å². The van der Waals surface area contributed by atoms with Gasteiger partial charge in [0.2, 0.25) is 0 Å². The van der Waals surface area contributed by atoms with Crippen LogP contribution in [0.15, 0.2) is 42.0 Å². The number of aromatic nitrogens is 2. The summed E-state index contributed by atoms with van der Waals surface area (Å²) >= 11 is 1.70. The molecule has 3 heterocycles. The molecular formula is C23H30N4OS. The summed E-state index contributed by atoms with van der Waals surface area (Å²) in [6.07, 6.45) is 4.28. The molecule has 0 radical (unpaired) electrons. The largest absolute Gasteiger partial charge is 0.377 e. The van der Waals surface area contributed by atoms with E-state index in [4.69, 9.17) is 9.72 Å². The molecule has 0 spiro atoms. The lowest BCUT2D eigenvalue weighted by atomic mass is 9.97. The van der Waals surface area contributed by atoms with Gasteiger partial charge >= 0.3 is 0 Å². The topological polar surface area (TPSA) is 41.5 Å². The molecule has 1 saturated heterocycles. The summed E-state index contributed by atoms with van der Waals surface area (Å²) in [7, 11) is 4.18. The molecule has 1 aromatic carbocycles. The molecule has 3 aromatic rings. The fourth-order valence-corrected chi connectivity index (χ4v) is 5.02. The second kappa shape index (κ2) is 9.20. The standard InChI is InChI=1S/C23H30N4OS/c1-17(13-26(2)3)28-14-18-9-11-27(12-10-18)22-21-20(19-7-5-4-6-8-19)15-29-23(21)25-16-24-22/h4-8,15-18H,9-14H2,1-3H3. The first-order valence-corrected chi connectivity index (χ1v) is 11.3. The Labute approximate surface area is 177 Å². The number of benzene rings is 1. The van der Waals surface area contributed by atoms with Gasteiger partial charge < -0.3 is 14.5 Å². The average Bonchev–Trinajstić information content (AvgIpc) is 3.17. The van der Waals surface area contributed by atoms with Crippen LogP contribution >= 0.6 is 11.3 Å². The summed E-state index contributed by atoms with van der Waals surface area (Å²) in [6, 6.07) is 10.6. The maximum absolute atomic E-state index is 6.08. The molecule has 29 heavy (non-hydrogen) atoms. The van der Waals surface area contributed by atoms with Crippen molar-refractivity contribution in [3.8, 4) is 11.1 Å². The Morgan fingerprint density at radius 2 is 1.93 bits per heavy atom. The molecule has 0 bridgehead atoms. The molecule has 0 saturated carbocycles. The van der Waals surface area contributed by atoms with Crippen LogP contribution in [0.1, 0.15) is 19.8 Å². The highest BCUT2D eigenvalue weighted by Crippen LogP contribution is 2.38. The second-order valence-electron chi connectivity index (χ2n) is 8.23. The zero-order valence-corrected chi connectivity index (χ0v) is 18.4. The summed E-state index contributed by atoms with van der Waals surface area (Å²) in [5, 5.41) is 3.41. The monoisotopic (exact) mass is 410 g/mol. The zero-order valence-electron chi connectivity index (χ0n) is 17.5. The summed E-state index contributed by atoms with van der Waals surface area (Å²) < 4.78 is 6.08. The van der Waals surface area contributed by atoms with Gasteiger partial charge in [0.15, 0.2) is 0 Å². The van der Waals surface area contributed by atoms with Crippen LogP contribution in [-0.2, 0) is 4.74 Å². The highest BCUT2D eigenvalue weighted by Gasteiger charge is 2.24. The Morgan fingerprint density at radius 1 is 1.17 bits per heavy atom. The Balaban J connectivity index is 1.46.